The predicted octanol–water partition coefficient (Wildman–Crippen LogP) is 5.56. The summed E-state index contributed by atoms with van der Waals surface area (Å²) in [5, 5.41) is 4.41. The third-order valence-electron chi connectivity index (χ3n) is 9.04. The minimum absolute atomic E-state index is 0.0514. The first-order valence-electron chi connectivity index (χ1n) is 14.9. The number of aryl methyl sites for hydroxylation is 1. The molecule has 4 aromatic rings. The van der Waals surface area contributed by atoms with Crippen LogP contribution in [-0.2, 0) is 4.79 Å². The van der Waals surface area contributed by atoms with Crippen LogP contribution in [0.5, 0.6) is 0 Å². The zero-order valence-corrected chi connectivity index (χ0v) is 26.4. The number of nitrogens with one attached hydrogen (secondary N) is 1. The minimum atomic E-state index is 0.0514. The zero-order chi connectivity index (χ0) is 29.8. The summed E-state index contributed by atoms with van der Waals surface area (Å²) in [6.45, 7) is 21.8. The average molecular weight is 559 g/mol. The molecule has 0 radical (unpaired) electrons. The largest absolute Gasteiger partial charge is 0.353 e. The van der Waals surface area contributed by atoms with Crippen molar-refractivity contribution in [3.63, 3.8) is 0 Å². The lowest BCUT2D eigenvalue weighted by Crippen LogP contribution is -2.58. The van der Waals surface area contributed by atoms with E-state index in [1.165, 1.54) is 11.1 Å². The molecule has 2 atom stereocenters. The maximum Gasteiger partial charge on any atom is 0.224 e. The molecule has 0 bridgehead atoms. The SMILES string of the molecule is Cc1c(-c2[nH]c3ccc(N4C[C@@H](C)N(C(=O)CCN(C)C(C)(C)C)C[C@@H]4C)nc3c2C(C)C)cn2ncnc2c1C. The molecule has 5 heterocycles. The number of aromatic nitrogens is 5. The number of amides is 1. The van der Waals surface area contributed by atoms with Gasteiger partial charge in [0.2, 0.25) is 5.91 Å². The molecule has 41 heavy (non-hydrogen) atoms. The molecule has 0 spiro atoms. The molecule has 0 unspecified atom stereocenters. The van der Waals surface area contributed by atoms with Gasteiger partial charge < -0.3 is 19.7 Å². The summed E-state index contributed by atoms with van der Waals surface area (Å²) in [6, 6.07) is 4.55. The first kappa shape index (κ1) is 29.0. The maximum absolute atomic E-state index is 13.2. The minimum Gasteiger partial charge on any atom is -0.353 e. The number of nitrogens with zero attached hydrogens (tertiary/aromatic N) is 7. The number of hydrogen-bond donors (Lipinski definition) is 1. The Kier molecular flexibility index (Phi) is 7.61. The number of piperazine rings is 1. The molecule has 9 nitrogen and oxygen atoms in total. The standard InChI is InChI=1S/C32H46N8O/c1-19(2)28-29(24-17-40-31(33-18-34-40)23(6)22(24)5)35-25-11-12-26(36-30(25)28)38-15-21(4)39(16-20(38)3)27(41)13-14-37(10)32(7,8)9/h11-12,17-21,35H,13-16H2,1-10H3/t20-,21+/m0/s1. The fraction of sp³-hybridized carbons (Fsp3) is 0.562. The van der Waals surface area contributed by atoms with Crippen LogP contribution < -0.4 is 4.90 Å². The van der Waals surface area contributed by atoms with E-state index in [-0.39, 0.29) is 29.4 Å². The second-order valence-electron chi connectivity index (χ2n) is 13.2. The fourth-order valence-corrected chi connectivity index (χ4v) is 6.00. The molecule has 1 fully saturated rings. The van der Waals surface area contributed by atoms with Crippen LogP contribution in [0.1, 0.15) is 77.5 Å². The van der Waals surface area contributed by atoms with Crippen LogP contribution in [0.4, 0.5) is 5.82 Å². The summed E-state index contributed by atoms with van der Waals surface area (Å²) >= 11 is 0. The molecule has 5 rings (SSSR count). The average Bonchev–Trinajstić information content (AvgIpc) is 3.54. The van der Waals surface area contributed by atoms with Crippen molar-refractivity contribution < 1.29 is 4.79 Å². The lowest BCUT2D eigenvalue weighted by atomic mass is 9.95. The number of rotatable bonds is 6. The van der Waals surface area contributed by atoms with E-state index in [0.717, 1.165) is 52.4 Å². The molecule has 1 N–H and O–H groups in total. The molecule has 1 saturated heterocycles. The van der Waals surface area contributed by atoms with Crippen molar-refractivity contribution >= 4 is 28.4 Å². The van der Waals surface area contributed by atoms with Gasteiger partial charge in [-0.05, 0) is 84.7 Å². The van der Waals surface area contributed by atoms with Gasteiger partial charge in [-0.1, -0.05) is 13.8 Å². The van der Waals surface area contributed by atoms with Gasteiger partial charge in [0.1, 0.15) is 12.1 Å². The lowest BCUT2D eigenvalue weighted by Gasteiger charge is -2.45. The normalized spacial score (nSPS) is 18.4. The highest BCUT2D eigenvalue weighted by molar-refractivity contribution is 5.90. The van der Waals surface area contributed by atoms with Crippen molar-refractivity contribution in [1.82, 2.24) is 34.4 Å². The van der Waals surface area contributed by atoms with Gasteiger partial charge in [0.25, 0.3) is 0 Å². The van der Waals surface area contributed by atoms with E-state index in [4.69, 9.17) is 4.98 Å². The van der Waals surface area contributed by atoms with Gasteiger partial charge in [0.15, 0.2) is 5.65 Å². The highest BCUT2D eigenvalue weighted by Gasteiger charge is 2.33. The number of carbonyl (C=O) groups excluding carboxylic acids is 1. The van der Waals surface area contributed by atoms with Gasteiger partial charge >= 0.3 is 0 Å². The van der Waals surface area contributed by atoms with E-state index in [1.807, 2.05) is 4.52 Å². The van der Waals surface area contributed by atoms with Gasteiger partial charge in [-0.3, -0.25) is 4.79 Å². The van der Waals surface area contributed by atoms with Crippen LogP contribution in [-0.4, -0.2) is 84.6 Å². The number of H-pyrrole nitrogens is 1. The second kappa shape index (κ2) is 10.7. The molecule has 0 saturated carbocycles. The van der Waals surface area contributed by atoms with Crippen LogP contribution in [0, 0.1) is 13.8 Å². The lowest BCUT2D eigenvalue weighted by molar-refractivity contribution is -0.134. The Morgan fingerprint density at radius 2 is 1.85 bits per heavy atom. The molecule has 220 valence electrons. The quantitative estimate of drug-likeness (QED) is 0.334. The topological polar surface area (TPSA) is 85.7 Å². The van der Waals surface area contributed by atoms with Gasteiger partial charge in [0, 0.05) is 61.0 Å². The highest BCUT2D eigenvalue weighted by Crippen LogP contribution is 2.38. The van der Waals surface area contributed by atoms with E-state index in [9.17, 15) is 4.79 Å². The second-order valence-corrected chi connectivity index (χ2v) is 13.2. The Morgan fingerprint density at radius 1 is 1.12 bits per heavy atom. The third-order valence-corrected chi connectivity index (χ3v) is 9.04. The zero-order valence-electron chi connectivity index (χ0n) is 26.4. The Morgan fingerprint density at radius 3 is 2.54 bits per heavy atom. The monoisotopic (exact) mass is 558 g/mol. The summed E-state index contributed by atoms with van der Waals surface area (Å²) in [5.41, 5.74) is 8.71. The van der Waals surface area contributed by atoms with E-state index in [2.05, 4.69) is 117 Å². The fourth-order valence-electron chi connectivity index (χ4n) is 6.00. The predicted molar refractivity (Wildman–Crippen MR) is 167 cm³/mol. The van der Waals surface area contributed by atoms with Crippen molar-refractivity contribution in [3.05, 3.63) is 41.3 Å². The van der Waals surface area contributed by atoms with Crippen LogP contribution in [0.3, 0.4) is 0 Å². The maximum atomic E-state index is 13.2. The molecule has 9 heteroatoms. The van der Waals surface area contributed by atoms with Gasteiger partial charge in [-0.25, -0.2) is 14.5 Å². The van der Waals surface area contributed by atoms with E-state index in [1.54, 1.807) is 6.33 Å². The van der Waals surface area contributed by atoms with Crippen LogP contribution in [0.25, 0.3) is 27.9 Å². The molecule has 0 aliphatic carbocycles. The van der Waals surface area contributed by atoms with Crippen LogP contribution >= 0.6 is 0 Å². The van der Waals surface area contributed by atoms with E-state index >= 15 is 0 Å². The summed E-state index contributed by atoms with van der Waals surface area (Å²) in [7, 11) is 2.09. The number of anilines is 1. The van der Waals surface area contributed by atoms with Gasteiger partial charge in [0.05, 0.1) is 16.7 Å². The van der Waals surface area contributed by atoms with Crippen molar-refractivity contribution in [2.75, 3.05) is 31.6 Å². The van der Waals surface area contributed by atoms with Crippen molar-refractivity contribution in [2.24, 2.45) is 0 Å². The van der Waals surface area contributed by atoms with E-state index in [0.29, 0.717) is 13.0 Å². The first-order valence-corrected chi connectivity index (χ1v) is 14.9. The molecule has 1 aliphatic rings. The molecule has 1 amide bonds. The number of aromatic amines is 1. The molecule has 1 aliphatic heterocycles. The van der Waals surface area contributed by atoms with Gasteiger partial charge in [-0.2, -0.15) is 5.10 Å². The Bertz CT molecular complexity index is 1580. The van der Waals surface area contributed by atoms with Crippen molar-refractivity contribution in [1.29, 1.82) is 0 Å². The Balaban J connectivity index is 1.43. The summed E-state index contributed by atoms with van der Waals surface area (Å²) in [6.07, 6.45) is 4.22. The van der Waals surface area contributed by atoms with E-state index < -0.39 is 0 Å². The molecular formula is C32H46N8O. The summed E-state index contributed by atoms with van der Waals surface area (Å²) in [4.78, 5) is 33.3. The van der Waals surface area contributed by atoms with Crippen molar-refractivity contribution in [2.45, 2.75) is 92.3 Å². The number of carbonyl (C=O) groups is 1. The third kappa shape index (κ3) is 5.32. The van der Waals surface area contributed by atoms with Crippen LogP contribution in [0.2, 0.25) is 0 Å². The number of pyridine rings is 2. The van der Waals surface area contributed by atoms with Crippen molar-refractivity contribution in [3.8, 4) is 11.3 Å². The Hall–Kier alpha value is -3.46. The molecule has 4 aromatic heterocycles. The number of hydrogen-bond acceptors (Lipinski definition) is 6. The van der Waals surface area contributed by atoms with Gasteiger partial charge in [-0.15, -0.1) is 0 Å². The van der Waals surface area contributed by atoms with Crippen LogP contribution in [0.15, 0.2) is 24.7 Å². The Labute approximate surface area is 243 Å². The smallest absolute Gasteiger partial charge is 0.224 e. The summed E-state index contributed by atoms with van der Waals surface area (Å²) in [5.74, 6) is 1.46. The summed E-state index contributed by atoms with van der Waals surface area (Å²) < 4.78 is 1.86. The first-order chi connectivity index (χ1) is 19.3. The number of fused-ring (bicyclic) bond motifs is 2. The molecule has 0 aromatic carbocycles. The highest BCUT2D eigenvalue weighted by atomic mass is 16.2. The molecular weight excluding hydrogens is 512 g/mol.